The van der Waals surface area contributed by atoms with Gasteiger partial charge in [-0.05, 0) is 62.8 Å². The van der Waals surface area contributed by atoms with Crippen molar-refractivity contribution in [2.75, 3.05) is 6.54 Å². The molecule has 8 N–H and O–H groups in total. The summed E-state index contributed by atoms with van der Waals surface area (Å²) in [6.45, 7) is 11.9. The minimum absolute atomic E-state index is 0.0640. The molecule has 34 heavy (non-hydrogen) atoms. The summed E-state index contributed by atoms with van der Waals surface area (Å²) in [6, 6.07) is -3.59. The van der Waals surface area contributed by atoms with Crippen molar-refractivity contribution in [2.45, 2.75) is 104 Å². The summed E-state index contributed by atoms with van der Waals surface area (Å²) in [7, 11) is 0. The molecule has 0 bridgehead atoms. The van der Waals surface area contributed by atoms with Gasteiger partial charge in [0, 0.05) is 0 Å². The van der Waals surface area contributed by atoms with Gasteiger partial charge in [0.25, 0.3) is 0 Å². The average Bonchev–Trinajstić information content (AvgIpc) is 2.70. The number of nitrogens with one attached hydrogen (secondary N) is 3. The van der Waals surface area contributed by atoms with Crippen LogP contribution in [0.1, 0.15) is 80.1 Å². The lowest BCUT2D eigenvalue weighted by Gasteiger charge is -2.26. The molecule has 0 aromatic carbocycles. The van der Waals surface area contributed by atoms with E-state index in [0.29, 0.717) is 38.6 Å². The molecular weight excluding hydrogens is 438 g/mol. The minimum atomic E-state index is -1.12. The van der Waals surface area contributed by atoms with Crippen molar-refractivity contribution >= 4 is 23.7 Å². The van der Waals surface area contributed by atoms with E-state index in [-0.39, 0.29) is 24.2 Å². The SMILES string of the molecule is CC(C)CC(N)C(=O)NC(CCCCN)C(=O)NC(CC(C)C)C(=O)NC(CC(C)C)C(=O)O. The molecule has 0 aliphatic rings. The predicted octanol–water partition coefficient (Wildman–Crippen LogP) is 1.12. The molecule has 0 aliphatic carbocycles. The molecule has 0 spiro atoms. The van der Waals surface area contributed by atoms with Gasteiger partial charge >= 0.3 is 5.97 Å². The first kappa shape index (κ1) is 31.8. The van der Waals surface area contributed by atoms with Gasteiger partial charge in [-0.25, -0.2) is 4.79 Å². The summed E-state index contributed by atoms with van der Waals surface area (Å²) < 4.78 is 0. The van der Waals surface area contributed by atoms with Crippen molar-refractivity contribution in [1.29, 1.82) is 0 Å². The van der Waals surface area contributed by atoms with Gasteiger partial charge in [-0.3, -0.25) is 14.4 Å². The number of amides is 3. The Bertz CT molecular complexity index is 654. The average molecular weight is 486 g/mol. The van der Waals surface area contributed by atoms with E-state index in [1.165, 1.54) is 0 Å². The summed E-state index contributed by atoms with van der Waals surface area (Å²) >= 11 is 0. The zero-order chi connectivity index (χ0) is 26.4. The van der Waals surface area contributed by atoms with E-state index in [1.807, 2.05) is 41.5 Å². The van der Waals surface area contributed by atoms with Gasteiger partial charge in [-0.1, -0.05) is 41.5 Å². The Balaban J connectivity index is 5.50. The third-order valence-electron chi connectivity index (χ3n) is 5.30. The molecule has 4 unspecified atom stereocenters. The van der Waals surface area contributed by atoms with Crippen molar-refractivity contribution in [3.05, 3.63) is 0 Å². The van der Waals surface area contributed by atoms with Crippen molar-refractivity contribution in [3.8, 4) is 0 Å². The van der Waals surface area contributed by atoms with Crippen LogP contribution in [0, 0.1) is 17.8 Å². The smallest absolute Gasteiger partial charge is 0.326 e. The monoisotopic (exact) mass is 485 g/mol. The normalized spacial score (nSPS) is 15.0. The predicted molar refractivity (Wildman–Crippen MR) is 133 cm³/mol. The number of nitrogens with two attached hydrogens (primary N) is 2. The first-order valence-corrected chi connectivity index (χ1v) is 12.4. The molecule has 0 aliphatic heterocycles. The number of hydrogen-bond donors (Lipinski definition) is 6. The van der Waals surface area contributed by atoms with Gasteiger partial charge in [-0.15, -0.1) is 0 Å². The molecule has 0 saturated heterocycles. The number of unbranched alkanes of at least 4 members (excludes halogenated alkanes) is 1. The summed E-state index contributed by atoms with van der Waals surface area (Å²) in [6.07, 6.45) is 2.73. The first-order valence-electron chi connectivity index (χ1n) is 12.4. The molecule has 0 rings (SSSR count). The number of carbonyl (C=O) groups is 4. The van der Waals surface area contributed by atoms with Gasteiger partial charge in [0.15, 0.2) is 0 Å². The van der Waals surface area contributed by atoms with E-state index in [4.69, 9.17) is 11.5 Å². The Morgan fingerprint density at radius 2 is 1.12 bits per heavy atom. The molecule has 198 valence electrons. The lowest BCUT2D eigenvalue weighted by Crippen LogP contribution is -2.57. The highest BCUT2D eigenvalue weighted by molar-refractivity contribution is 5.94. The first-order chi connectivity index (χ1) is 15.8. The van der Waals surface area contributed by atoms with Crippen LogP contribution in [0.25, 0.3) is 0 Å². The summed E-state index contributed by atoms with van der Waals surface area (Å²) in [5.41, 5.74) is 11.5. The van der Waals surface area contributed by atoms with Crippen LogP contribution in [0.3, 0.4) is 0 Å². The Hall–Kier alpha value is -2.20. The zero-order valence-electron chi connectivity index (χ0n) is 21.7. The molecule has 0 aromatic rings. The quantitative estimate of drug-likeness (QED) is 0.167. The standard InChI is InChI=1S/C24H47N5O5/c1-14(2)11-17(26)21(30)27-18(9-7-8-10-25)22(31)28-19(12-15(3)4)23(32)29-20(24(33)34)13-16(5)6/h14-20H,7-13,25-26H2,1-6H3,(H,27,30)(H,28,31)(H,29,32)(H,33,34). The van der Waals surface area contributed by atoms with Gasteiger partial charge in [0.05, 0.1) is 6.04 Å². The molecule has 0 aromatic heterocycles. The topological polar surface area (TPSA) is 177 Å². The van der Waals surface area contributed by atoms with Crippen LogP contribution in [0.5, 0.6) is 0 Å². The second-order valence-electron chi connectivity index (χ2n) is 10.3. The van der Waals surface area contributed by atoms with Gasteiger partial charge < -0.3 is 32.5 Å². The largest absolute Gasteiger partial charge is 0.480 e. The Kier molecular flexibility index (Phi) is 15.4. The Morgan fingerprint density at radius 1 is 0.676 bits per heavy atom. The van der Waals surface area contributed by atoms with Crippen molar-refractivity contribution in [1.82, 2.24) is 16.0 Å². The van der Waals surface area contributed by atoms with E-state index >= 15 is 0 Å². The molecule has 10 nitrogen and oxygen atoms in total. The Morgan fingerprint density at radius 3 is 1.59 bits per heavy atom. The van der Waals surface area contributed by atoms with Gasteiger partial charge in [0.2, 0.25) is 17.7 Å². The highest BCUT2D eigenvalue weighted by Crippen LogP contribution is 2.11. The van der Waals surface area contributed by atoms with Crippen LogP contribution in [0.2, 0.25) is 0 Å². The Labute approximate surface area is 204 Å². The molecule has 10 heteroatoms. The van der Waals surface area contributed by atoms with Crippen molar-refractivity contribution in [3.63, 3.8) is 0 Å². The maximum absolute atomic E-state index is 13.1. The van der Waals surface area contributed by atoms with Crippen LogP contribution in [0.15, 0.2) is 0 Å². The number of hydrogen-bond acceptors (Lipinski definition) is 6. The van der Waals surface area contributed by atoms with E-state index in [1.54, 1.807) is 0 Å². The number of rotatable bonds is 17. The van der Waals surface area contributed by atoms with Crippen LogP contribution >= 0.6 is 0 Å². The maximum atomic E-state index is 13.1. The highest BCUT2D eigenvalue weighted by Gasteiger charge is 2.30. The van der Waals surface area contributed by atoms with Crippen LogP contribution in [0.4, 0.5) is 0 Å². The minimum Gasteiger partial charge on any atom is -0.480 e. The molecule has 0 radical (unpaired) electrons. The summed E-state index contributed by atoms with van der Waals surface area (Å²) in [5.74, 6) is -2.25. The maximum Gasteiger partial charge on any atom is 0.326 e. The summed E-state index contributed by atoms with van der Waals surface area (Å²) in [5, 5.41) is 17.5. The van der Waals surface area contributed by atoms with Crippen molar-refractivity contribution < 1.29 is 24.3 Å². The lowest BCUT2D eigenvalue weighted by molar-refractivity contribution is -0.143. The number of carboxylic acids is 1. The fraction of sp³-hybridized carbons (Fsp3) is 0.833. The molecule has 0 saturated carbocycles. The van der Waals surface area contributed by atoms with E-state index in [0.717, 1.165) is 0 Å². The number of aliphatic carboxylic acids is 1. The fourth-order valence-corrected chi connectivity index (χ4v) is 3.60. The molecule has 3 amide bonds. The molecule has 0 heterocycles. The van der Waals surface area contributed by atoms with Crippen LogP contribution in [-0.2, 0) is 19.2 Å². The highest BCUT2D eigenvalue weighted by atomic mass is 16.4. The van der Waals surface area contributed by atoms with Gasteiger partial charge in [0.1, 0.15) is 18.1 Å². The molecular formula is C24H47N5O5. The third-order valence-corrected chi connectivity index (χ3v) is 5.30. The van der Waals surface area contributed by atoms with Crippen molar-refractivity contribution in [2.24, 2.45) is 29.2 Å². The lowest BCUT2D eigenvalue weighted by atomic mass is 9.99. The summed E-state index contributed by atoms with van der Waals surface area (Å²) in [4.78, 5) is 50.2. The zero-order valence-corrected chi connectivity index (χ0v) is 21.7. The van der Waals surface area contributed by atoms with Crippen LogP contribution in [-0.4, -0.2) is 59.5 Å². The third kappa shape index (κ3) is 13.5. The van der Waals surface area contributed by atoms with E-state index in [2.05, 4.69) is 16.0 Å². The number of carboxylic acid groups (broad SMARTS) is 1. The van der Waals surface area contributed by atoms with Crippen LogP contribution < -0.4 is 27.4 Å². The number of carbonyl (C=O) groups excluding carboxylic acids is 3. The second kappa shape index (κ2) is 16.4. The van der Waals surface area contributed by atoms with E-state index in [9.17, 15) is 24.3 Å². The fourth-order valence-electron chi connectivity index (χ4n) is 3.60. The molecule has 0 fully saturated rings. The van der Waals surface area contributed by atoms with Gasteiger partial charge in [-0.2, -0.15) is 0 Å². The molecule has 4 atom stereocenters. The second-order valence-corrected chi connectivity index (χ2v) is 10.3. The van der Waals surface area contributed by atoms with E-state index < -0.39 is 47.9 Å².